The number of para-hydroxylation sites is 1. The highest BCUT2D eigenvalue weighted by atomic mass is 35.5. The van der Waals surface area contributed by atoms with Crippen LogP contribution in [0.15, 0.2) is 42.6 Å². The summed E-state index contributed by atoms with van der Waals surface area (Å²) in [6.07, 6.45) is 4.16. The molecule has 4 rings (SSSR count). The Kier molecular flexibility index (Phi) is 3.42. The molecule has 2 heterocycles. The molecular weight excluding hydrogens is 300 g/mol. The fourth-order valence-electron chi connectivity index (χ4n) is 3.09. The first kappa shape index (κ1) is 13.3. The summed E-state index contributed by atoms with van der Waals surface area (Å²) in [4.78, 5) is 5.95. The summed E-state index contributed by atoms with van der Waals surface area (Å²) in [5, 5.41) is 4.86. The fourth-order valence-corrected chi connectivity index (χ4v) is 4.44. The zero-order valence-electron chi connectivity index (χ0n) is 11.5. The number of aromatic nitrogens is 1. The zero-order valence-corrected chi connectivity index (χ0v) is 13.0. The van der Waals surface area contributed by atoms with Crippen LogP contribution < -0.4 is 5.32 Å². The SMILES string of the molecule is Clc1cc2c(s1)CCC2NCc1cccc2cccnc12. The fraction of sp³-hybridized carbons (Fsp3) is 0.235. The highest BCUT2D eigenvalue weighted by molar-refractivity contribution is 7.16. The third-order valence-electron chi connectivity index (χ3n) is 4.10. The van der Waals surface area contributed by atoms with Crippen molar-refractivity contribution in [3.05, 3.63) is 62.9 Å². The van der Waals surface area contributed by atoms with Crippen molar-refractivity contribution in [3.63, 3.8) is 0 Å². The van der Waals surface area contributed by atoms with Crippen LogP contribution in [0.25, 0.3) is 10.9 Å². The van der Waals surface area contributed by atoms with Crippen LogP contribution in [0.4, 0.5) is 0 Å². The smallest absolute Gasteiger partial charge is 0.0934 e. The van der Waals surface area contributed by atoms with Crippen LogP contribution in [0.2, 0.25) is 4.34 Å². The number of aryl methyl sites for hydroxylation is 1. The lowest BCUT2D eigenvalue weighted by Crippen LogP contribution is -2.18. The van der Waals surface area contributed by atoms with E-state index in [0.717, 1.165) is 29.2 Å². The lowest BCUT2D eigenvalue weighted by atomic mass is 10.1. The highest BCUT2D eigenvalue weighted by Gasteiger charge is 2.24. The molecule has 1 aliphatic rings. The van der Waals surface area contributed by atoms with Crippen LogP contribution in [-0.4, -0.2) is 4.98 Å². The van der Waals surface area contributed by atoms with E-state index in [1.165, 1.54) is 21.4 Å². The Morgan fingerprint density at radius 2 is 2.19 bits per heavy atom. The van der Waals surface area contributed by atoms with E-state index in [2.05, 4.69) is 40.6 Å². The molecule has 1 N–H and O–H groups in total. The van der Waals surface area contributed by atoms with Crippen molar-refractivity contribution >= 4 is 33.8 Å². The van der Waals surface area contributed by atoms with Gasteiger partial charge in [0.15, 0.2) is 0 Å². The minimum atomic E-state index is 0.419. The summed E-state index contributed by atoms with van der Waals surface area (Å²) in [6.45, 7) is 0.839. The standard InChI is InChI=1S/C17H15ClN2S/c18-16-9-13-14(6-7-15(13)21-16)20-10-12-4-1-3-11-5-2-8-19-17(11)12/h1-5,8-9,14,20H,6-7,10H2. The molecule has 2 aromatic heterocycles. The number of pyridine rings is 1. The second-order valence-electron chi connectivity index (χ2n) is 5.39. The maximum absolute atomic E-state index is 6.12. The molecule has 0 bridgehead atoms. The van der Waals surface area contributed by atoms with Crippen LogP contribution >= 0.6 is 22.9 Å². The molecule has 3 aromatic rings. The lowest BCUT2D eigenvalue weighted by Gasteiger charge is -2.14. The molecule has 0 spiro atoms. The minimum absolute atomic E-state index is 0.419. The maximum atomic E-state index is 6.12. The maximum Gasteiger partial charge on any atom is 0.0934 e. The number of benzene rings is 1. The molecule has 0 amide bonds. The highest BCUT2D eigenvalue weighted by Crippen LogP contribution is 2.39. The molecule has 1 unspecified atom stereocenters. The van der Waals surface area contributed by atoms with E-state index in [9.17, 15) is 0 Å². The minimum Gasteiger partial charge on any atom is -0.306 e. The van der Waals surface area contributed by atoms with Crippen molar-refractivity contribution in [1.82, 2.24) is 10.3 Å². The van der Waals surface area contributed by atoms with Crippen molar-refractivity contribution in [2.24, 2.45) is 0 Å². The topological polar surface area (TPSA) is 24.9 Å². The molecule has 2 nitrogen and oxygen atoms in total. The number of thiophene rings is 1. The molecule has 0 aliphatic heterocycles. The Hall–Kier alpha value is -1.42. The molecule has 106 valence electrons. The van der Waals surface area contributed by atoms with Gasteiger partial charge < -0.3 is 5.32 Å². The van der Waals surface area contributed by atoms with Gasteiger partial charge in [-0.15, -0.1) is 11.3 Å². The van der Waals surface area contributed by atoms with Crippen molar-refractivity contribution < 1.29 is 0 Å². The number of nitrogens with one attached hydrogen (secondary N) is 1. The molecule has 0 saturated heterocycles. The molecule has 0 radical (unpaired) electrons. The molecular formula is C17H15ClN2S. The molecule has 0 saturated carbocycles. The summed E-state index contributed by atoms with van der Waals surface area (Å²) in [5.74, 6) is 0. The Bertz CT molecular complexity index is 791. The molecule has 0 fully saturated rings. The summed E-state index contributed by atoms with van der Waals surface area (Å²) in [7, 11) is 0. The summed E-state index contributed by atoms with van der Waals surface area (Å²) in [6, 6.07) is 13.0. The van der Waals surface area contributed by atoms with Crippen LogP contribution in [0.1, 0.15) is 28.5 Å². The first-order valence-corrected chi connectivity index (χ1v) is 8.35. The number of fused-ring (bicyclic) bond motifs is 2. The first-order chi connectivity index (χ1) is 10.3. The molecule has 4 heteroatoms. The van der Waals surface area contributed by atoms with Gasteiger partial charge in [-0.25, -0.2) is 0 Å². The van der Waals surface area contributed by atoms with Gasteiger partial charge in [0.1, 0.15) is 0 Å². The quantitative estimate of drug-likeness (QED) is 0.756. The van der Waals surface area contributed by atoms with Gasteiger partial charge in [-0.3, -0.25) is 4.98 Å². The van der Waals surface area contributed by atoms with E-state index in [1.54, 1.807) is 11.3 Å². The van der Waals surface area contributed by atoms with Crippen LogP contribution in [0, 0.1) is 0 Å². The van der Waals surface area contributed by atoms with Gasteiger partial charge in [0.2, 0.25) is 0 Å². The van der Waals surface area contributed by atoms with E-state index in [4.69, 9.17) is 11.6 Å². The Morgan fingerprint density at radius 3 is 3.14 bits per heavy atom. The van der Waals surface area contributed by atoms with Gasteiger partial charge in [0, 0.05) is 29.0 Å². The van der Waals surface area contributed by atoms with E-state index in [1.807, 2.05) is 12.3 Å². The summed E-state index contributed by atoms with van der Waals surface area (Å²) >= 11 is 7.84. The van der Waals surface area contributed by atoms with Crippen molar-refractivity contribution in [2.45, 2.75) is 25.4 Å². The van der Waals surface area contributed by atoms with Gasteiger partial charge in [0.25, 0.3) is 0 Å². The number of hydrogen-bond donors (Lipinski definition) is 1. The molecule has 21 heavy (non-hydrogen) atoms. The predicted molar refractivity (Wildman–Crippen MR) is 89.0 cm³/mol. The largest absolute Gasteiger partial charge is 0.306 e. The molecule has 1 aliphatic carbocycles. The van der Waals surface area contributed by atoms with Crippen LogP contribution in [0.5, 0.6) is 0 Å². The van der Waals surface area contributed by atoms with E-state index in [-0.39, 0.29) is 0 Å². The normalized spacial score (nSPS) is 17.3. The van der Waals surface area contributed by atoms with Crippen molar-refractivity contribution in [1.29, 1.82) is 0 Å². The van der Waals surface area contributed by atoms with Gasteiger partial charge in [-0.05, 0) is 36.1 Å². The molecule has 1 aromatic carbocycles. The van der Waals surface area contributed by atoms with Crippen molar-refractivity contribution in [2.75, 3.05) is 0 Å². The Balaban J connectivity index is 1.57. The lowest BCUT2D eigenvalue weighted by molar-refractivity contribution is 0.531. The summed E-state index contributed by atoms with van der Waals surface area (Å²) in [5.41, 5.74) is 3.73. The van der Waals surface area contributed by atoms with Gasteiger partial charge in [-0.1, -0.05) is 35.9 Å². The summed E-state index contributed by atoms with van der Waals surface area (Å²) < 4.78 is 0.901. The predicted octanol–water partition coefficient (Wildman–Crippen LogP) is 4.73. The van der Waals surface area contributed by atoms with Crippen LogP contribution in [-0.2, 0) is 13.0 Å². The van der Waals surface area contributed by atoms with Gasteiger partial charge in [-0.2, -0.15) is 0 Å². The second-order valence-corrected chi connectivity index (χ2v) is 7.16. The van der Waals surface area contributed by atoms with Gasteiger partial charge in [0.05, 0.1) is 9.85 Å². The Labute approximate surface area is 132 Å². The zero-order chi connectivity index (χ0) is 14.2. The molecule has 1 atom stereocenters. The Morgan fingerprint density at radius 1 is 1.29 bits per heavy atom. The van der Waals surface area contributed by atoms with E-state index >= 15 is 0 Å². The number of rotatable bonds is 3. The van der Waals surface area contributed by atoms with Crippen molar-refractivity contribution in [3.8, 4) is 0 Å². The van der Waals surface area contributed by atoms with Crippen LogP contribution in [0.3, 0.4) is 0 Å². The second kappa shape index (κ2) is 5.41. The number of halogens is 1. The average molecular weight is 315 g/mol. The number of hydrogen-bond acceptors (Lipinski definition) is 3. The first-order valence-electron chi connectivity index (χ1n) is 7.15. The third-order valence-corrected chi connectivity index (χ3v) is 5.44. The van der Waals surface area contributed by atoms with E-state index in [0.29, 0.717) is 6.04 Å². The van der Waals surface area contributed by atoms with E-state index < -0.39 is 0 Å². The third kappa shape index (κ3) is 2.46. The average Bonchev–Trinajstić information content (AvgIpc) is 3.04. The monoisotopic (exact) mass is 314 g/mol. The number of nitrogens with zero attached hydrogens (tertiary/aromatic N) is 1. The van der Waals surface area contributed by atoms with Gasteiger partial charge >= 0.3 is 0 Å².